The SMILES string of the molecule is Cc1cc(-c2ncc(C(F)(F)F)[nH]2)nc(OCC2(C(=O)O)CCC2)c1-c1cncc(Cl)c1. The zero-order chi connectivity index (χ0) is 23.1. The van der Waals surface area contributed by atoms with Gasteiger partial charge in [0.05, 0.1) is 11.2 Å². The van der Waals surface area contributed by atoms with Crippen LogP contribution >= 0.6 is 11.6 Å². The maximum absolute atomic E-state index is 13.0. The standard InChI is InChI=1S/C21H18ClF3N4O3/c1-11-5-14(17-27-9-15(29-17)21(23,24)25)28-18(16(11)12-6-13(22)8-26-7-12)32-10-20(19(30)31)3-2-4-20/h5-9H,2-4,10H2,1H3,(H,27,29)(H,30,31). The largest absolute Gasteiger partial charge is 0.481 e. The Morgan fingerprint density at radius 3 is 2.59 bits per heavy atom. The number of carboxylic acids is 1. The van der Waals surface area contributed by atoms with Crippen molar-refractivity contribution < 1.29 is 27.8 Å². The van der Waals surface area contributed by atoms with Crippen LogP contribution in [-0.4, -0.2) is 37.6 Å². The number of carboxylic acid groups (broad SMARTS) is 1. The van der Waals surface area contributed by atoms with Crippen molar-refractivity contribution in [1.82, 2.24) is 19.9 Å². The number of pyridine rings is 2. The predicted molar refractivity (Wildman–Crippen MR) is 109 cm³/mol. The molecule has 0 aliphatic heterocycles. The highest BCUT2D eigenvalue weighted by atomic mass is 35.5. The monoisotopic (exact) mass is 466 g/mol. The molecule has 0 spiro atoms. The van der Waals surface area contributed by atoms with Crippen LogP contribution < -0.4 is 4.74 Å². The summed E-state index contributed by atoms with van der Waals surface area (Å²) in [4.78, 5) is 26.2. The van der Waals surface area contributed by atoms with Crippen LogP contribution in [0.3, 0.4) is 0 Å². The molecular weight excluding hydrogens is 449 g/mol. The fourth-order valence-electron chi connectivity index (χ4n) is 3.59. The van der Waals surface area contributed by atoms with E-state index in [9.17, 15) is 23.1 Å². The van der Waals surface area contributed by atoms with Gasteiger partial charge < -0.3 is 14.8 Å². The summed E-state index contributed by atoms with van der Waals surface area (Å²) in [6.45, 7) is 1.61. The third-order valence-electron chi connectivity index (χ3n) is 5.55. The van der Waals surface area contributed by atoms with Gasteiger partial charge in [-0.3, -0.25) is 9.78 Å². The highest BCUT2D eigenvalue weighted by Gasteiger charge is 2.45. The Hall–Kier alpha value is -3.14. The molecule has 32 heavy (non-hydrogen) atoms. The first-order valence-corrected chi connectivity index (χ1v) is 10.1. The molecule has 3 aromatic heterocycles. The van der Waals surface area contributed by atoms with Crippen molar-refractivity contribution in [2.75, 3.05) is 6.61 Å². The lowest BCUT2D eigenvalue weighted by Gasteiger charge is -2.37. The fourth-order valence-corrected chi connectivity index (χ4v) is 3.77. The molecule has 0 atom stereocenters. The summed E-state index contributed by atoms with van der Waals surface area (Å²) in [6, 6.07) is 3.22. The van der Waals surface area contributed by atoms with E-state index in [1.54, 1.807) is 25.3 Å². The zero-order valence-electron chi connectivity index (χ0n) is 16.8. The van der Waals surface area contributed by atoms with Gasteiger partial charge in [-0.2, -0.15) is 13.2 Å². The number of aliphatic carboxylic acids is 1. The van der Waals surface area contributed by atoms with Crippen molar-refractivity contribution in [3.8, 4) is 28.5 Å². The second kappa shape index (κ2) is 8.09. The lowest BCUT2D eigenvalue weighted by Crippen LogP contribution is -2.43. The normalized spacial score (nSPS) is 15.3. The third kappa shape index (κ3) is 4.14. The molecule has 0 aromatic carbocycles. The average Bonchev–Trinajstić information content (AvgIpc) is 3.17. The quantitative estimate of drug-likeness (QED) is 0.521. The first-order valence-electron chi connectivity index (χ1n) is 9.70. The molecule has 3 heterocycles. The van der Waals surface area contributed by atoms with Crippen molar-refractivity contribution in [2.24, 2.45) is 5.41 Å². The molecule has 1 fully saturated rings. The number of nitrogens with zero attached hydrogens (tertiary/aromatic N) is 3. The molecule has 4 rings (SSSR count). The van der Waals surface area contributed by atoms with Gasteiger partial charge in [-0.05, 0) is 37.5 Å². The summed E-state index contributed by atoms with van der Waals surface area (Å²) >= 11 is 6.07. The Morgan fingerprint density at radius 1 is 1.28 bits per heavy atom. The van der Waals surface area contributed by atoms with Gasteiger partial charge in [0.15, 0.2) is 5.82 Å². The van der Waals surface area contributed by atoms with Gasteiger partial charge in [0.25, 0.3) is 0 Å². The number of halogens is 4. The number of rotatable bonds is 6. The number of aromatic nitrogens is 4. The molecule has 0 saturated heterocycles. The maximum Gasteiger partial charge on any atom is 0.432 e. The molecule has 0 unspecified atom stereocenters. The summed E-state index contributed by atoms with van der Waals surface area (Å²) < 4.78 is 44.8. The van der Waals surface area contributed by atoms with Crippen molar-refractivity contribution in [3.05, 3.63) is 47.0 Å². The Labute approximate surface area is 185 Å². The van der Waals surface area contributed by atoms with Crippen LogP contribution in [0.5, 0.6) is 5.88 Å². The minimum Gasteiger partial charge on any atom is -0.481 e. The fraction of sp³-hybridized carbons (Fsp3) is 0.333. The van der Waals surface area contributed by atoms with Crippen molar-refractivity contribution in [1.29, 1.82) is 0 Å². The van der Waals surface area contributed by atoms with E-state index in [0.717, 1.165) is 6.42 Å². The minimum absolute atomic E-state index is 0.0709. The Balaban J connectivity index is 1.78. The number of alkyl halides is 3. The first kappa shape index (κ1) is 22.1. The van der Waals surface area contributed by atoms with E-state index < -0.39 is 23.3 Å². The summed E-state index contributed by atoms with van der Waals surface area (Å²) in [5.41, 5.74) is -0.161. The molecule has 3 aromatic rings. The van der Waals surface area contributed by atoms with Crippen LogP contribution in [0.15, 0.2) is 30.7 Å². The number of nitrogens with one attached hydrogen (secondary N) is 1. The molecule has 168 valence electrons. The highest BCUT2D eigenvalue weighted by molar-refractivity contribution is 6.30. The Bertz CT molecular complexity index is 1180. The second-order valence-electron chi connectivity index (χ2n) is 7.77. The molecular formula is C21H18ClF3N4O3. The van der Waals surface area contributed by atoms with Crippen molar-refractivity contribution >= 4 is 17.6 Å². The van der Waals surface area contributed by atoms with Crippen LogP contribution in [0.25, 0.3) is 22.6 Å². The number of aromatic amines is 1. The molecule has 1 aliphatic carbocycles. The van der Waals surface area contributed by atoms with E-state index in [0.29, 0.717) is 40.8 Å². The molecule has 7 nitrogen and oxygen atoms in total. The van der Waals surface area contributed by atoms with E-state index in [2.05, 4.69) is 19.9 Å². The van der Waals surface area contributed by atoms with Crippen LogP contribution in [0.4, 0.5) is 13.2 Å². The van der Waals surface area contributed by atoms with Gasteiger partial charge in [-0.15, -0.1) is 0 Å². The van der Waals surface area contributed by atoms with Crippen LogP contribution in [0.1, 0.15) is 30.5 Å². The number of ether oxygens (including phenoxy) is 1. The lowest BCUT2D eigenvalue weighted by atomic mass is 9.69. The minimum atomic E-state index is -4.58. The van der Waals surface area contributed by atoms with Gasteiger partial charge in [0.2, 0.25) is 5.88 Å². The van der Waals surface area contributed by atoms with E-state index in [4.69, 9.17) is 16.3 Å². The van der Waals surface area contributed by atoms with Gasteiger partial charge in [-0.25, -0.2) is 9.97 Å². The smallest absolute Gasteiger partial charge is 0.432 e. The summed E-state index contributed by atoms with van der Waals surface area (Å²) in [7, 11) is 0. The summed E-state index contributed by atoms with van der Waals surface area (Å²) in [5.74, 6) is -0.970. The number of aryl methyl sites for hydroxylation is 1. The number of H-pyrrole nitrogens is 1. The van der Waals surface area contributed by atoms with Crippen molar-refractivity contribution in [3.63, 3.8) is 0 Å². The third-order valence-corrected chi connectivity index (χ3v) is 5.76. The van der Waals surface area contributed by atoms with E-state index in [1.807, 2.05) is 0 Å². The van der Waals surface area contributed by atoms with Gasteiger partial charge in [0, 0.05) is 23.5 Å². The van der Waals surface area contributed by atoms with Crippen LogP contribution in [0.2, 0.25) is 5.02 Å². The number of imidazole rings is 1. The van der Waals surface area contributed by atoms with Crippen LogP contribution in [-0.2, 0) is 11.0 Å². The van der Waals surface area contributed by atoms with E-state index in [1.165, 1.54) is 6.20 Å². The lowest BCUT2D eigenvalue weighted by molar-refractivity contribution is -0.157. The van der Waals surface area contributed by atoms with Gasteiger partial charge in [-0.1, -0.05) is 18.0 Å². The van der Waals surface area contributed by atoms with E-state index >= 15 is 0 Å². The summed E-state index contributed by atoms with van der Waals surface area (Å²) in [5, 5.41) is 9.98. The maximum atomic E-state index is 13.0. The number of hydrogen-bond acceptors (Lipinski definition) is 5. The molecule has 0 radical (unpaired) electrons. The molecule has 1 saturated carbocycles. The van der Waals surface area contributed by atoms with E-state index in [-0.39, 0.29) is 24.0 Å². The second-order valence-corrected chi connectivity index (χ2v) is 8.20. The number of carbonyl (C=O) groups is 1. The molecule has 1 aliphatic rings. The van der Waals surface area contributed by atoms with Crippen molar-refractivity contribution in [2.45, 2.75) is 32.4 Å². The average molecular weight is 467 g/mol. The molecule has 0 amide bonds. The predicted octanol–water partition coefficient (Wildman–Crippen LogP) is 5.15. The highest BCUT2D eigenvalue weighted by Crippen LogP contribution is 2.43. The molecule has 11 heteroatoms. The van der Waals surface area contributed by atoms with Gasteiger partial charge >= 0.3 is 12.1 Å². The molecule has 0 bridgehead atoms. The first-order chi connectivity index (χ1) is 15.1. The van der Waals surface area contributed by atoms with Gasteiger partial charge in [0.1, 0.15) is 23.4 Å². The molecule has 2 N–H and O–H groups in total. The number of hydrogen-bond donors (Lipinski definition) is 2. The Kier molecular flexibility index (Phi) is 5.58. The topological polar surface area (TPSA) is 101 Å². The summed E-state index contributed by atoms with van der Waals surface area (Å²) in [6.07, 6.45) is 0.842. The van der Waals surface area contributed by atoms with Crippen LogP contribution in [0, 0.1) is 12.3 Å². The Morgan fingerprint density at radius 2 is 2.03 bits per heavy atom. The zero-order valence-corrected chi connectivity index (χ0v) is 17.6.